The van der Waals surface area contributed by atoms with Crippen LogP contribution in [0.15, 0.2) is 18.2 Å². The maximum Gasteiger partial charge on any atom is 0.238 e. The van der Waals surface area contributed by atoms with Crippen molar-refractivity contribution < 1.29 is 14.6 Å². The smallest absolute Gasteiger partial charge is 0.238 e. The average Bonchev–Trinajstić information content (AvgIpc) is 2.37. The van der Waals surface area contributed by atoms with E-state index >= 15 is 0 Å². The first-order valence-electron chi connectivity index (χ1n) is 6.89. The molecule has 0 saturated carbocycles. The van der Waals surface area contributed by atoms with Crippen LogP contribution in [0.3, 0.4) is 0 Å². The van der Waals surface area contributed by atoms with Gasteiger partial charge in [-0.1, -0.05) is 11.6 Å². The van der Waals surface area contributed by atoms with E-state index in [-0.39, 0.29) is 18.5 Å². The highest BCUT2D eigenvalue weighted by Crippen LogP contribution is 2.27. The first-order valence-corrected chi connectivity index (χ1v) is 7.26. The van der Waals surface area contributed by atoms with Crippen LogP contribution in [0.5, 0.6) is 5.75 Å². The largest absolute Gasteiger partial charge is 0.495 e. The van der Waals surface area contributed by atoms with Gasteiger partial charge >= 0.3 is 0 Å². The van der Waals surface area contributed by atoms with E-state index in [0.717, 1.165) is 0 Å². The van der Waals surface area contributed by atoms with Gasteiger partial charge in [0.05, 0.1) is 25.4 Å². The summed E-state index contributed by atoms with van der Waals surface area (Å²) in [5, 5.41) is 12.8. The lowest BCUT2D eigenvalue weighted by Crippen LogP contribution is -2.41. The van der Waals surface area contributed by atoms with Crippen LogP contribution in [-0.2, 0) is 4.79 Å². The van der Waals surface area contributed by atoms with E-state index in [2.05, 4.69) is 5.32 Å². The molecule has 0 radical (unpaired) electrons. The number of anilines is 1. The third-order valence-electron chi connectivity index (χ3n) is 3.01. The molecule has 1 aromatic rings. The summed E-state index contributed by atoms with van der Waals surface area (Å²) in [5.41, 5.74) is 0.538. The highest BCUT2D eigenvalue weighted by atomic mass is 35.5. The lowest BCUT2D eigenvalue weighted by atomic mass is 10.2. The predicted molar refractivity (Wildman–Crippen MR) is 85.0 cm³/mol. The molecule has 0 aliphatic rings. The van der Waals surface area contributed by atoms with Crippen LogP contribution in [0.4, 0.5) is 5.69 Å². The number of hydrogen-bond donors (Lipinski definition) is 2. The number of halogens is 1. The van der Waals surface area contributed by atoms with Crippen LogP contribution >= 0.6 is 11.6 Å². The van der Waals surface area contributed by atoms with E-state index in [1.807, 2.05) is 18.7 Å². The van der Waals surface area contributed by atoms with Crippen molar-refractivity contribution in [3.05, 3.63) is 23.2 Å². The minimum absolute atomic E-state index is 0.159. The Morgan fingerprint density at radius 3 is 2.62 bits per heavy atom. The number of aliphatic hydroxyl groups excluding tert-OH is 1. The van der Waals surface area contributed by atoms with Gasteiger partial charge in [0, 0.05) is 17.6 Å². The summed E-state index contributed by atoms with van der Waals surface area (Å²) in [5.74, 6) is 0.379. The zero-order valence-corrected chi connectivity index (χ0v) is 13.6. The Labute approximate surface area is 130 Å². The molecule has 1 amide bonds. The molecule has 1 atom stereocenters. The van der Waals surface area contributed by atoms with Gasteiger partial charge < -0.3 is 15.2 Å². The molecule has 6 heteroatoms. The van der Waals surface area contributed by atoms with Crippen molar-refractivity contribution in [2.45, 2.75) is 32.9 Å². The van der Waals surface area contributed by atoms with Gasteiger partial charge in [0.25, 0.3) is 0 Å². The summed E-state index contributed by atoms with van der Waals surface area (Å²) in [6, 6.07) is 5.21. The quantitative estimate of drug-likeness (QED) is 0.811. The Morgan fingerprint density at radius 1 is 1.43 bits per heavy atom. The molecule has 0 heterocycles. The Balaban J connectivity index is 2.74. The third kappa shape index (κ3) is 5.91. The van der Waals surface area contributed by atoms with Crippen molar-refractivity contribution in [3.63, 3.8) is 0 Å². The minimum atomic E-state index is -0.485. The predicted octanol–water partition coefficient (Wildman–Crippen LogP) is 2.38. The van der Waals surface area contributed by atoms with E-state index in [0.29, 0.717) is 23.0 Å². The summed E-state index contributed by atoms with van der Waals surface area (Å²) in [6.45, 7) is 6.30. The summed E-state index contributed by atoms with van der Waals surface area (Å²) in [6.07, 6.45) is -0.485. The molecule has 0 fully saturated rings. The van der Waals surface area contributed by atoms with Crippen LogP contribution in [0.25, 0.3) is 0 Å². The zero-order valence-electron chi connectivity index (χ0n) is 12.9. The summed E-state index contributed by atoms with van der Waals surface area (Å²) in [7, 11) is 1.53. The van der Waals surface area contributed by atoms with Crippen LogP contribution < -0.4 is 10.1 Å². The highest BCUT2D eigenvalue weighted by Gasteiger charge is 2.17. The number of hydrogen-bond acceptors (Lipinski definition) is 4. The maximum atomic E-state index is 12.2. The van der Waals surface area contributed by atoms with Crippen molar-refractivity contribution in [1.29, 1.82) is 0 Å². The number of nitrogens with zero attached hydrogens (tertiary/aromatic N) is 1. The van der Waals surface area contributed by atoms with Gasteiger partial charge in [-0.2, -0.15) is 0 Å². The zero-order chi connectivity index (χ0) is 16.0. The van der Waals surface area contributed by atoms with Crippen LogP contribution in [0.1, 0.15) is 20.8 Å². The van der Waals surface area contributed by atoms with E-state index in [9.17, 15) is 9.90 Å². The molecule has 1 unspecified atom stereocenters. The van der Waals surface area contributed by atoms with Gasteiger partial charge in [0.2, 0.25) is 5.91 Å². The van der Waals surface area contributed by atoms with E-state index in [1.165, 1.54) is 7.11 Å². The van der Waals surface area contributed by atoms with Crippen molar-refractivity contribution in [1.82, 2.24) is 4.90 Å². The fourth-order valence-corrected chi connectivity index (χ4v) is 2.12. The van der Waals surface area contributed by atoms with Gasteiger partial charge in [-0.15, -0.1) is 0 Å². The lowest BCUT2D eigenvalue weighted by Gasteiger charge is -2.27. The average molecular weight is 315 g/mol. The Kier molecular flexibility index (Phi) is 6.95. The number of carbonyl (C=O) groups excluding carboxylic acids is 1. The number of nitrogens with one attached hydrogen (secondary N) is 1. The number of methoxy groups -OCH3 is 1. The summed E-state index contributed by atoms with van der Waals surface area (Å²) >= 11 is 5.93. The number of carbonyl (C=O) groups is 1. The topological polar surface area (TPSA) is 61.8 Å². The molecule has 0 bridgehead atoms. The fraction of sp³-hybridized carbons (Fsp3) is 0.533. The number of benzene rings is 1. The molecular weight excluding hydrogens is 292 g/mol. The molecule has 118 valence electrons. The molecule has 0 spiro atoms. The molecule has 5 nitrogen and oxygen atoms in total. The summed E-state index contributed by atoms with van der Waals surface area (Å²) in [4.78, 5) is 14.1. The Morgan fingerprint density at radius 2 is 2.10 bits per heavy atom. The Bertz CT molecular complexity index is 478. The minimum Gasteiger partial charge on any atom is -0.495 e. The van der Waals surface area contributed by atoms with Crippen molar-refractivity contribution >= 4 is 23.2 Å². The molecule has 0 aromatic heterocycles. The van der Waals surface area contributed by atoms with Crippen LogP contribution in [0.2, 0.25) is 5.02 Å². The van der Waals surface area contributed by atoms with Crippen molar-refractivity contribution in [2.75, 3.05) is 25.5 Å². The van der Waals surface area contributed by atoms with E-state index in [4.69, 9.17) is 16.3 Å². The number of amides is 1. The SMILES string of the molecule is COc1ccc(Cl)cc1NC(=O)CN(CC(C)O)C(C)C. The number of aliphatic hydroxyl groups is 1. The monoisotopic (exact) mass is 314 g/mol. The lowest BCUT2D eigenvalue weighted by molar-refractivity contribution is -0.118. The molecule has 1 rings (SSSR count). The van der Waals surface area contributed by atoms with Crippen molar-refractivity contribution in [3.8, 4) is 5.75 Å². The standard InChI is InChI=1S/C15H23ClN2O3/c1-10(2)18(8-11(3)19)9-15(20)17-13-7-12(16)5-6-14(13)21-4/h5-7,10-11,19H,8-9H2,1-4H3,(H,17,20). The van der Waals surface area contributed by atoms with Gasteiger partial charge in [0.15, 0.2) is 0 Å². The summed E-state index contributed by atoms with van der Waals surface area (Å²) < 4.78 is 5.19. The normalized spacial score (nSPS) is 12.6. The van der Waals surface area contributed by atoms with E-state index in [1.54, 1.807) is 25.1 Å². The second-order valence-electron chi connectivity index (χ2n) is 5.26. The maximum absolute atomic E-state index is 12.2. The van der Waals surface area contributed by atoms with Crippen LogP contribution in [0, 0.1) is 0 Å². The molecule has 2 N–H and O–H groups in total. The third-order valence-corrected chi connectivity index (χ3v) is 3.25. The van der Waals surface area contributed by atoms with Crippen molar-refractivity contribution in [2.24, 2.45) is 0 Å². The number of rotatable bonds is 7. The fourth-order valence-electron chi connectivity index (χ4n) is 1.95. The molecular formula is C15H23ClN2O3. The first-order chi connectivity index (χ1) is 9.83. The first kappa shape index (κ1) is 17.8. The molecule has 0 aliphatic carbocycles. The van der Waals surface area contributed by atoms with E-state index < -0.39 is 6.10 Å². The second kappa shape index (κ2) is 8.22. The second-order valence-corrected chi connectivity index (χ2v) is 5.70. The van der Waals surface area contributed by atoms with Gasteiger partial charge in [-0.25, -0.2) is 0 Å². The highest BCUT2D eigenvalue weighted by molar-refractivity contribution is 6.31. The molecule has 1 aromatic carbocycles. The molecule has 0 saturated heterocycles. The van der Waals surface area contributed by atoms with Gasteiger partial charge in [0.1, 0.15) is 5.75 Å². The Hall–Kier alpha value is -1.30. The van der Waals surface area contributed by atoms with Gasteiger partial charge in [-0.05, 0) is 39.0 Å². The molecule has 21 heavy (non-hydrogen) atoms. The number of ether oxygens (including phenoxy) is 1. The van der Waals surface area contributed by atoms with Crippen LogP contribution in [-0.4, -0.2) is 48.3 Å². The van der Waals surface area contributed by atoms with Gasteiger partial charge in [-0.3, -0.25) is 9.69 Å². The molecule has 0 aliphatic heterocycles.